The third-order valence-electron chi connectivity index (χ3n) is 2.68. The van der Waals surface area contributed by atoms with Crippen molar-refractivity contribution < 1.29 is 0 Å². The van der Waals surface area contributed by atoms with Crippen LogP contribution < -0.4 is 0 Å². The van der Waals surface area contributed by atoms with Gasteiger partial charge in [-0.2, -0.15) is 0 Å². The van der Waals surface area contributed by atoms with Gasteiger partial charge in [-0.15, -0.1) is 0 Å². The second kappa shape index (κ2) is 7.64. The van der Waals surface area contributed by atoms with Gasteiger partial charge in [0.1, 0.15) is 0 Å². The summed E-state index contributed by atoms with van der Waals surface area (Å²) in [6.45, 7) is 9.28. The molecule has 0 bridgehead atoms. The predicted molar refractivity (Wildman–Crippen MR) is 57.4 cm³/mol. The van der Waals surface area contributed by atoms with Crippen molar-refractivity contribution in [2.24, 2.45) is 11.8 Å². The highest BCUT2D eigenvalue weighted by atomic mass is 14.0. The summed E-state index contributed by atoms with van der Waals surface area (Å²) in [4.78, 5) is 0. The van der Waals surface area contributed by atoms with Crippen LogP contribution in [0.1, 0.15) is 66.2 Å². The Labute approximate surface area is 78.8 Å². The second-order valence-electron chi connectivity index (χ2n) is 4.55. The first-order chi connectivity index (χ1) is 5.66. The molecule has 1 atom stereocenters. The number of hydrogen-bond donors (Lipinski definition) is 0. The molecule has 0 aromatic heterocycles. The van der Waals surface area contributed by atoms with Crippen LogP contribution >= 0.6 is 0 Å². The molecule has 0 amide bonds. The van der Waals surface area contributed by atoms with E-state index in [0.717, 1.165) is 11.8 Å². The van der Waals surface area contributed by atoms with Crippen molar-refractivity contribution in [3.63, 3.8) is 0 Å². The molecule has 0 heteroatoms. The average Bonchev–Trinajstić information content (AvgIpc) is 2.03. The zero-order valence-electron chi connectivity index (χ0n) is 9.40. The van der Waals surface area contributed by atoms with Crippen LogP contribution in [0.4, 0.5) is 0 Å². The number of hydrogen-bond acceptors (Lipinski definition) is 0. The van der Waals surface area contributed by atoms with Crippen molar-refractivity contribution in [1.29, 1.82) is 0 Å². The Kier molecular flexibility index (Phi) is 7.64. The molecule has 0 nitrogen and oxygen atoms in total. The molecule has 0 aromatic carbocycles. The van der Waals surface area contributed by atoms with Gasteiger partial charge in [-0.3, -0.25) is 0 Å². The summed E-state index contributed by atoms with van der Waals surface area (Å²) in [5.74, 6) is 1.85. The monoisotopic (exact) mass is 170 g/mol. The van der Waals surface area contributed by atoms with E-state index in [1.807, 2.05) is 0 Å². The zero-order chi connectivity index (χ0) is 9.40. The lowest BCUT2D eigenvalue weighted by atomic mass is 9.99. The summed E-state index contributed by atoms with van der Waals surface area (Å²) < 4.78 is 0. The van der Waals surface area contributed by atoms with Gasteiger partial charge in [-0.05, 0) is 11.8 Å². The van der Waals surface area contributed by atoms with Gasteiger partial charge >= 0.3 is 0 Å². The molecule has 0 aliphatic rings. The highest BCUT2D eigenvalue weighted by molar-refractivity contribution is 4.52. The fourth-order valence-electron chi connectivity index (χ4n) is 1.43. The Morgan fingerprint density at radius 2 is 1.42 bits per heavy atom. The lowest BCUT2D eigenvalue weighted by Crippen LogP contribution is -1.92. The molecule has 74 valence electrons. The third-order valence-corrected chi connectivity index (χ3v) is 2.68. The van der Waals surface area contributed by atoms with E-state index in [9.17, 15) is 0 Å². The predicted octanol–water partition coefficient (Wildman–Crippen LogP) is 4.64. The molecule has 1 unspecified atom stereocenters. The molecule has 0 saturated carbocycles. The van der Waals surface area contributed by atoms with Crippen LogP contribution in [0.25, 0.3) is 0 Å². The van der Waals surface area contributed by atoms with E-state index < -0.39 is 0 Å². The van der Waals surface area contributed by atoms with Gasteiger partial charge in [-0.1, -0.05) is 66.2 Å². The van der Waals surface area contributed by atoms with Crippen molar-refractivity contribution >= 4 is 0 Å². The van der Waals surface area contributed by atoms with Crippen molar-refractivity contribution in [3.05, 3.63) is 0 Å². The fraction of sp³-hybridized carbons (Fsp3) is 1.00. The van der Waals surface area contributed by atoms with E-state index in [2.05, 4.69) is 27.7 Å². The molecule has 0 aromatic rings. The quantitative estimate of drug-likeness (QED) is 0.488. The Bertz CT molecular complexity index is 84.0. The Morgan fingerprint density at radius 1 is 0.833 bits per heavy atom. The topological polar surface area (TPSA) is 0 Å². The summed E-state index contributed by atoms with van der Waals surface area (Å²) in [6, 6.07) is 0. The molecular weight excluding hydrogens is 144 g/mol. The standard InChI is InChI=1S/C12H26/c1-5-12(4)10-8-6-7-9-11(2)3/h11-12H,5-10H2,1-4H3. The lowest BCUT2D eigenvalue weighted by molar-refractivity contribution is 0.458. The van der Waals surface area contributed by atoms with Crippen LogP contribution in [0.15, 0.2) is 0 Å². The highest BCUT2D eigenvalue weighted by Gasteiger charge is 1.98. The largest absolute Gasteiger partial charge is 0.0651 e. The van der Waals surface area contributed by atoms with Gasteiger partial charge in [0, 0.05) is 0 Å². The fourth-order valence-corrected chi connectivity index (χ4v) is 1.43. The minimum absolute atomic E-state index is 0.897. The zero-order valence-corrected chi connectivity index (χ0v) is 9.40. The summed E-state index contributed by atoms with van der Waals surface area (Å²) in [5.41, 5.74) is 0. The van der Waals surface area contributed by atoms with Gasteiger partial charge in [0.2, 0.25) is 0 Å². The van der Waals surface area contributed by atoms with Crippen molar-refractivity contribution in [3.8, 4) is 0 Å². The van der Waals surface area contributed by atoms with Crippen molar-refractivity contribution in [1.82, 2.24) is 0 Å². The molecule has 0 aliphatic heterocycles. The summed E-state index contributed by atoms with van der Waals surface area (Å²) in [6.07, 6.45) is 8.54. The van der Waals surface area contributed by atoms with Crippen LogP contribution in [0.2, 0.25) is 0 Å². The first-order valence-electron chi connectivity index (χ1n) is 5.66. The molecule has 12 heavy (non-hydrogen) atoms. The van der Waals surface area contributed by atoms with Gasteiger partial charge in [0.15, 0.2) is 0 Å². The van der Waals surface area contributed by atoms with E-state index in [-0.39, 0.29) is 0 Å². The van der Waals surface area contributed by atoms with Crippen LogP contribution in [0.5, 0.6) is 0 Å². The number of rotatable bonds is 7. The first kappa shape index (κ1) is 12.0. The average molecular weight is 170 g/mol. The molecule has 0 aliphatic carbocycles. The second-order valence-corrected chi connectivity index (χ2v) is 4.55. The maximum atomic E-state index is 2.36. The maximum absolute atomic E-state index is 2.36. The summed E-state index contributed by atoms with van der Waals surface area (Å²) >= 11 is 0. The van der Waals surface area contributed by atoms with E-state index in [1.54, 1.807) is 0 Å². The van der Waals surface area contributed by atoms with E-state index in [4.69, 9.17) is 0 Å². The molecule has 0 saturated heterocycles. The van der Waals surface area contributed by atoms with Crippen LogP contribution in [-0.2, 0) is 0 Å². The third kappa shape index (κ3) is 8.10. The Balaban J connectivity index is 3.00. The SMILES string of the molecule is CCC(C)CCCCCC(C)C. The molecule has 0 radical (unpaired) electrons. The highest BCUT2D eigenvalue weighted by Crippen LogP contribution is 2.14. The molecule has 0 heterocycles. The molecular formula is C12H26. The Hall–Kier alpha value is 0. The lowest BCUT2D eigenvalue weighted by Gasteiger charge is -2.08. The normalized spacial score (nSPS) is 13.8. The van der Waals surface area contributed by atoms with Gasteiger partial charge in [-0.25, -0.2) is 0 Å². The van der Waals surface area contributed by atoms with Crippen molar-refractivity contribution in [2.75, 3.05) is 0 Å². The van der Waals surface area contributed by atoms with Gasteiger partial charge < -0.3 is 0 Å². The number of unbranched alkanes of at least 4 members (excludes halogenated alkanes) is 2. The smallest absolute Gasteiger partial charge is 0.0445 e. The van der Waals surface area contributed by atoms with Crippen LogP contribution in [-0.4, -0.2) is 0 Å². The van der Waals surface area contributed by atoms with Crippen LogP contribution in [0, 0.1) is 11.8 Å². The molecule has 0 fully saturated rings. The Morgan fingerprint density at radius 3 is 1.92 bits per heavy atom. The molecule has 0 spiro atoms. The summed E-state index contributed by atoms with van der Waals surface area (Å²) in [5, 5.41) is 0. The first-order valence-corrected chi connectivity index (χ1v) is 5.66. The van der Waals surface area contributed by atoms with Crippen molar-refractivity contribution in [2.45, 2.75) is 66.2 Å². The van der Waals surface area contributed by atoms with Gasteiger partial charge in [0.25, 0.3) is 0 Å². The maximum Gasteiger partial charge on any atom is -0.0445 e. The van der Waals surface area contributed by atoms with E-state index >= 15 is 0 Å². The van der Waals surface area contributed by atoms with Gasteiger partial charge in [0.05, 0.1) is 0 Å². The summed E-state index contributed by atoms with van der Waals surface area (Å²) in [7, 11) is 0. The van der Waals surface area contributed by atoms with E-state index in [0.29, 0.717) is 0 Å². The van der Waals surface area contributed by atoms with E-state index in [1.165, 1.54) is 38.5 Å². The molecule has 0 rings (SSSR count). The molecule has 0 N–H and O–H groups in total. The minimum Gasteiger partial charge on any atom is -0.0651 e. The van der Waals surface area contributed by atoms with Crippen LogP contribution in [0.3, 0.4) is 0 Å². The minimum atomic E-state index is 0.897.